The van der Waals surface area contributed by atoms with Crippen molar-refractivity contribution in [1.29, 1.82) is 0 Å². The van der Waals surface area contributed by atoms with E-state index in [2.05, 4.69) is 22.2 Å². The molecule has 0 bridgehead atoms. The summed E-state index contributed by atoms with van der Waals surface area (Å²) in [5, 5.41) is 3.22. The molecule has 1 N–H and O–H groups in total. The van der Waals surface area contributed by atoms with Crippen LogP contribution in [0, 0.1) is 6.92 Å². The fourth-order valence-corrected chi connectivity index (χ4v) is 4.81. The molecular weight excluding hydrogens is 484 g/mol. The van der Waals surface area contributed by atoms with Gasteiger partial charge in [0.2, 0.25) is 0 Å². The van der Waals surface area contributed by atoms with Gasteiger partial charge in [-0.1, -0.05) is 12.1 Å². The maximum atomic E-state index is 12.7. The van der Waals surface area contributed by atoms with Gasteiger partial charge in [-0.3, -0.25) is 4.90 Å². The van der Waals surface area contributed by atoms with Crippen LogP contribution in [0.2, 0.25) is 0 Å². The minimum atomic E-state index is -0.579. The van der Waals surface area contributed by atoms with Gasteiger partial charge in [-0.05, 0) is 50.7 Å². The number of carbonyl (C=O) groups is 1. The number of imidazole rings is 1. The number of likely N-dealkylation sites (N-methyl/N-ethyl adjacent to an activating group) is 1. The van der Waals surface area contributed by atoms with Crippen LogP contribution in [0.25, 0.3) is 22.3 Å². The molecule has 5 rings (SSSR count). The van der Waals surface area contributed by atoms with E-state index >= 15 is 0 Å². The van der Waals surface area contributed by atoms with Crippen LogP contribution in [0.5, 0.6) is 5.75 Å². The fourth-order valence-electron chi connectivity index (χ4n) is 4.81. The zero-order chi connectivity index (χ0) is 26.8. The van der Waals surface area contributed by atoms with Gasteiger partial charge in [-0.15, -0.1) is 0 Å². The predicted molar refractivity (Wildman–Crippen MR) is 145 cm³/mol. The Balaban J connectivity index is 1.37. The number of nitrogens with one attached hydrogen (secondary N) is 1. The molecule has 1 aliphatic heterocycles. The molecule has 38 heavy (non-hydrogen) atoms. The number of likely N-dealkylation sites (tertiary alicyclic amines) is 1. The molecule has 10 nitrogen and oxygen atoms in total. The quantitative estimate of drug-likeness (QED) is 0.349. The number of ether oxygens (including phenoxy) is 3. The lowest BCUT2D eigenvalue weighted by atomic mass is 10.1. The highest BCUT2D eigenvalue weighted by Crippen LogP contribution is 2.31. The SMILES string of the molecule is COC(=O)c1nc(-c2cccc3c2ncn3C)c(C)nc1Nc1ccc(OC[C@@H]2C[C@@H](OC)CN2C)cc1. The zero-order valence-electron chi connectivity index (χ0n) is 22.3. The van der Waals surface area contributed by atoms with E-state index in [1.54, 1.807) is 13.4 Å². The number of esters is 1. The lowest BCUT2D eigenvalue weighted by Crippen LogP contribution is -2.30. The van der Waals surface area contributed by atoms with Gasteiger partial charge in [-0.2, -0.15) is 0 Å². The second-order valence-electron chi connectivity index (χ2n) is 9.52. The summed E-state index contributed by atoms with van der Waals surface area (Å²) in [7, 11) is 7.10. The molecule has 4 aromatic rings. The predicted octanol–water partition coefficient (Wildman–Crippen LogP) is 3.97. The monoisotopic (exact) mass is 516 g/mol. The number of hydrogen-bond acceptors (Lipinski definition) is 9. The van der Waals surface area contributed by atoms with Crippen LogP contribution in [0.15, 0.2) is 48.8 Å². The molecule has 2 aromatic heterocycles. The number of aromatic nitrogens is 4. The number of hydrogen-bond donors (Lipinski definition) is 1. The highest BCUT2D eigenvalue weighted by Gasteiger charge is 2.29. The van der Waals surface area contributed by atoms with Crippen molar-refractivity contribution in [2.75, 3.05) is 39.7 Å². The van der Waals surface area contributed by atoms with E-state index in [-0.39, 0.29) is 11.8 Å². The Bertz CT molecular complexity index is 1450. The van der Waals surface area contributed by atoms with Crippen LogP contribution in [-0.2, 0) is 16.5 Å². The first-order valence-electron chi connectivity index (χ1n) is 12.5. The molecule has 0 aliphatic carbocycles. The highest BCUT2D eigenvalue weighted by molar-refractivity contribution is 5.96. The number of fused-ring (bicyclic) bond motifs is 1. The summed E-state index contributed by atoms with van der Waals surface area (Å²) >= 11 is 0. The van der Waals surface area contributed by atoms with Crippen molar-refractivity contribution in [2.45, 2.75) is 25.5 Å². The van der Waals surface area contributed by atoms with Crippen molar-refractivity contribution in [3.05, 3.63) is 60.2 Å². The molecule has 0 amide bonds. The number of methoxy groups -OCH3 is 2. The van der Waals surface area contributed by atoms with Crippen molar-refractivity contribution in [2.24, 2.45) is 7.05 Å². The van der Waals surface area contributed by atoms with E-state index in [0.717, 1.165) is 41.0 Å². The average molecular weight is 517 g/mol. The third-order valence-electron chi connectivity index (χ3n) is 7.00. The molecule has 0 radical (unpaired) electrons. The first-order chi connectivity index (χ1) is 18.4. The number of carbonyl (C=O) groups excluding carboxylic acids is 1. The zero-order valence-corrected chi connectivity index (χ0v) is 22.3. The second kappa shape index (κ2) is 10.8. The van der Waals surface area contributed by atoms with Gasteiger partial charge in [0.15, 0.2) is 11.5 Å². The summed E-state index contributed by atoms with van der Waals surface area (Å²) in [4.78, 5) is 28.9. The van der Waals surface area contributed by atoms with Crippen molar-refractivity contribution in [1.82, 2.24) is 24.4 Å². The molecule has 1 saturated heterocycles. The highest BCUT2D eigenvalue weighted by atomic mass is 16.5. The number of aryl methyl sites for hydroxylation is 2. The minimum Gasteiger partial charge on any atom is -0.492 e. The van der Waals surface area contributed by atoms with Crippen molar-refractivity contribution < 1.29 is 19.0 Å². The van der Waals surface area contributed by atoms with E-state index in [1.807, 2.05) is 61.0 Å². The Hall–Kier alpha value is -4.02. The fraction of sp³-hybridized carbons (Fsp3) is 0.357. The first-order valence-corrected chi connectivity index (χ1v) is 12.5. The van der Waals surface area contributed by atoms with Gasteiger partial charge in [0.05, 0.1) is 42.0 Å². The van der Waals surface area contributed by atoms with Gasteiger partial charge < -0.3 is 24.1 Å². The maximum Gasteiger partial charge on any atom is 0.360 e. The van der Waals surface area contributed by atoms with E-state index in [0.29, 0.717) is 29.9 Å². The smallest absolute Gasteiger partial charge is 0.360 e. The minimum absolute atomic E-state index is 0.0957. The second-order valence-corrected chi connectivity index (χ2v) is 9.52. The summed E-state index contributed by atoms with van der Waals surface area (Å²) in [5.74, 6) is 0.502. The summed E-state index contributed by atoms with van der Waals surface area (Å²) in [5.41, 5.74) is 4.64. The van der Waals surface area contributed by atoms with Gasteiger partial charge in [-0.25, -0.2) is 19.7 Å². The number of nitrogens with zero attached hydrogens (tertiary/aromatic N) is 5. The van der Waals surface area contributed by atoms with Crippen molar-refractivity contribution in [3.63, 3.8) is 0 Å². The molecule has 1 fully saturated rings. The van der Waals surface area contributed by atoms with Gasteiger partial charge >= 0.3 is 5.97 Å². The van der Waals surface area contributed by atoms with Gasteiger partial charge in [0.25, 0.3) is 0 Å². The lowest BCUT2D eigenvalue weighted by Gasteiger charge is -2.19. The van der Waals surface area contributed by atoms with Crippen LogP contribution in [0.1, 0.15) is 22.6 Å². The number of para-hydroxylation sites is 1. The van der Waals surface area contributed by atoms with E-state index in [9.17, 15) is 4.79 Å². The van der Waals surface area contributed by atoms with E-state index in [1.165, 1.54) is 7.11 Å². The Morgan fingerprint density at radius 3 is 2.61 bits per heavy atom. The van der Waals surface area contributed by atoms with Gasteiger partial charge in [0, 0.05) is 38.0 Å². The topological polar surface area (TPSA) is 104 Å². The third-order valence-corrected chi connectivity index (χ3v) is 7.00. The van der Waals surface area contributed by atoms with Crippen LogP contribution in [0.4, 0.5) is 11.5 Å². The van der Waals surface area contributed by atoms with Gasteiger partial charge in [0.1, 0.15) is 12.4 Å². The summed E-state index contributed by atoms with van der Waals surface area (Å²) < 4.78 is 18.5. The summed E-state index contributed by atoms with van der Waals surface area (Å²) in [6, 6.07) is 13.7. The molecule has 0 unspecified atom stereocenters. The molecule has 10 heteroatoms. The summed E-state index contributed by atoms with van der Waals surface area (Å²) in [6.45, 7) is 3.36. The van der Waals surface area contributed by atoms with E-state index < -0.39 is 5.97 Å². The molecular formula is C28H32N6O4. The maximum absolute atomic E-state index is 12.7. The first kappa shape index (κ1) is 25.6. The standard InChI is InChI=1S/C28H32N6O4/c1-17-24(22-7-6-8-23-25(22)29-16-34(23)3)32-26(28(35)37-5)27(30-17)31-18-9-11-20(12-10-18)38-15-19-13-21(36-4)14-33(19)2/h6-12,16,19,21H,13-15H2,1-5H3,(H,30,31)/t19-,21+/m0/s1. The number of benzene rings is 2. The average Bonchev–Trinajstić information content (AvgIpc) is 3.49. The molecule has 0 spiro atoms. The molecule has 1 aliphatic rings. The molecule has 2 atom stereocenters. The molecule has 2 aromatic carbocycles. The van der Waals surface area contributed by atoms with Crippen molar-refractivity contribution in [3.8, 4) is 17.0 Å². The molecule has 3 heterocycles. The third kappa shape index (κ3) is 5.05. The van der Waals surface area contributed by atoms with E-state index in [4.69, 9.17) is 24.2 Å². The van der Waals surface area contributed by atoms with Crippen LogP contribution in [-0.4, -0.2) is 77.0 Å². The Morgan fingerprint density at radius 1 is 1.11 bits per heavy atom. The summed E-state index contributed by atoms with van der Waals surface area (Å²) in [6.07, 6.45) is 2.95. The van der Waals surface area contributed by atoms with Crippen LogP contribution in [0.3, 0.4) is 0 Å². The number of anilines is 2. The molecule has 0 saturated carbocycles. The largest absolute Gasteiger partial charge is 0.492 e. The van der Waals surface area contributed by atoms with Crippen molar-refractivity contribution >= 4 is 28.5 Å². The van der Waals surface area contributed by atoms with Crippen LogP contribution >= 0.6 is 0 Å². The normalized spacial score (nSPS) is 17.6. The Kier molecular flexibility index (Phi) is 7.26. The lowest BCUT2D eigenvalue weighted by molar-refractivity contribution is 0.0595. The Labute approximate surface area is 221 Å². The number of rotatable bonds is 8. The van der Waals surface area contributed by atoms with Crippen LogP contribution < -0.4 is 10.1 Å². The Morgan fingerprint density at radius 2 is 1.89 bits per heavy atom. The molecule has 198 valence electrons.